The van der Waals surface area contributed by atoms with Crippen molar-refractivity contribution in [3.05, 3.63) is 12.4 Å². The Labute approximate surface area is 83.9 Å². The molecule has 1 unspecified atom stereocenters. The molecule has 1 aromatic heterocycles. The maximum atomic E-state index is 5.10. The largest absolute Gasteiger partial charge is 0.380 e. The molecule has 78 valence electrons. The van der Waals surface area contributed by atoms with Crippen molar-refractivity contribution in [2.45, 2.75) is 13.0 Å². The van der Waals surface area contributed by atoms with E-state index in [4.69, 9.17) is 4.74 Å². The summed E-state index contributed by atoms with van der Waals surface area (Å²) >= 11 is 0. The summed E-state index contributed by atoms with van der Waals surface area (Å²) in [6.45, 7) is 2.71. The topological polar surface area (TPSA) is 59.1 Å². The van der Waals surface area contributed by atoms with Gasteiger partial charge >= 0.3 is 0 Å². The standard InChI is InChI=1S/C9H16N4O/c1-7(14-3)4-12-9-6-11-5-8(10-2)13-9/h5-7H,4H2,1-3H3,(H2,10,12,13). The van der Waals surface area contributed by atoms with E-state index in [1.165, 1.54) is 0 Å². The van der Waals surface area contributed by atoms with Crippen molar-refractivity contribution >= 4 is 11.6 Å². The van der Waals surface area contributed by atoms with E-state index < -0.39 is 0 Å². The molecule has 0 aliphatic rings. The Hall–Kier alpha value is -1.36. The van der Waals surface area contributed by atoms with E-state index in [2.05, 4.69) is 20.6 Å². The first kappa shape index (κ1) is 10.7. The lowest BCUT2D eigenvalue weighted by molar-refractivity contribution is 0.128. The van der Waals surface area contributed by atoms with Crippen LogP contribution in [0.3, 0.4) is 0 Å². The Kier molecular flexibility index (Phi) is 4.12. The van der Waals surface area contributed by atoms with Crippen molar-refractivity contribution in [2.75, 3.05) is 31.3 Å². The molecule has 0 amide bonds. The first-order chi connectivity index (χ1) is 6.76. The second-order valence-electron chi connectivity index (χ2n) is 2.97. The maximum Gasteiger partial charge on any atom is 0.147 e. The van der Waals surface area contributed by atoms with E-state index >= 15 is 0 Å². The highest BCUT2D eigenvalue weighted by Gasteiger charge is 2.00. The Morgan fingerprint density at radius 2 is 2.14 bits per heavy atom. The molecule has 1 atom stereocenters. The van der Waals surface area contributed by atoms with Gasteiger partial charge in [-0.15, -0.1) is 0 Å². The number of nitrogens with zero attached hydrogens (tertiary/aromatic N) is 2. The van der Waals surface area contributed by atoms with Gasteiger partial charge in [-0.1, -0.05) is 0 Å². The third-order valence-corrected chi connectivity index (χ3v) is 1.86. The molecule has 0 bridgehead atoms. The summed E-state index contributed by atoms with van der Waals surface area (Å²) in [4.78, 5) is 8.29. The lowest BCUT2D eigenvalue weighted by Crippen LogP contribution is -2.18. The molecular weight excluding hydrogens is 180 g/mol. The predicted octanol–water partition coefficient (Wildman–Crippen LogP) is 0.965. The second-order valence-corrected chi connectivity index (χ2v) is 2.97. The number of hydrogen-bond donors (Lipinski definition) is 2. The molecule has 0 aromatic carbocycles. The fourth-order valence-electron chi connectivity index (χ4n) is 0.903. The molecule has 0 saturated heterocycles. The number of hydrogen-bond acceptors (Lipinski definition) is 5. The highest BCUT2D eigenvalue weighted by Crippen LogP contribution is 2.05. The van der Waals surface area contributed by atoms with Gasteiger partial charge in [0.15, 0.2) is 0 Å². The minimum absolute atomic E-state index is 0.162. The second kappa shape index (κ2) is 5.39. The highest BCUT2D eigenvalue weighted by molar-refractivity contribution is 5.40. The quantitative estimate of drug-likeness (QED) is 0.734. The van der Waals surface area contributed by atoms with Crippen LogP contribution in [0.2, 0.25) is 0 Å². The zero-order chi connectivity index (χ0) is 10.4. The molecule has 1 heterocycles. The van der Waals surface area contributed by atoms with Crippen molar-refractivity contribution in [2.24, 2.45) is 0 Å². The van der Waals surface area contributed by atoms with Gasteiger partial charge in [0.1, 0.15) is 11.6 Å². The van der Waals surface area contributed by atoms with Gasteiger partial charge in [0, 0.05) is 20.7 Å². The summed E-state index contributed by atoms with van der Waals surface area (Å²) in [6, 6.07) is 0. The lowest BCUT2D eigenvalue weighted by Gasteiger charge is -2.11. The summed E-state index contributed by atoms with van der Waals surface area (Å²) in [5.41, 5.74) is 0. The van der Waals surface area contributed by atoms with Crippen molar-refractivity contribution in [3.63, 3.8) is 0 Å². The summed E-state index contributed by atoms with van der Waals surface area (Å²) < 4.78 is 5.10. The summed E-state index contributed by atoms with van der Waals surface area (Å²) in [5, 5.41) is 6.06. The zero-order valence-corrected chi connectivity index (χ0v) is 8.74. The van der Waals surface area contributed by atoms with E-state index in [1.54, 1.807) is 19.5 Å². The lowest BCUT2D eigenvalue weighted by atomic mass is 10.4. The van der Waals surface area contributed by atoms with Crippen LogP contribution in [-0.2, 0) is 4.74 Å². The van der Waals surface area contributed by atoms with Crippen LogP contribution < -0.4 is 10.6 Å². The van der Waals surface area contributed by atoms with E-state index in [-0.39, 0.29) is 6.10 Å². The molecule has 0 fully saturated rings. The van der Waals surface area contributed by atoms with E-state index in [0.29, 0.717) is 0 Å². The van der Waals surface area contributed by atoms with Gasteiger partial charge < -0.3 is 15.4 Å². The van der Waals surface area contributed by atoms with Crippen molar-refractivity contribution < 1.29 is 4.74 Å². The van der Waals surface area contributed by atoms with Crippen LogP contribution in [0.5, 0.6) is 0 Å². The monoisotopic (exact) mass is 196 g/mol. The van der Waals surface area contributed by atoms with Crippen LogP contribution in [-0.4, -0.2) is 36.8 Å². The normalized spacial score (nSPS) is 12.2. The van der Waals surface area contributed by atoms with Crippen molar-refractivity contribution in [1.29, 1.82) is 0 Å². The predicted molar refractivity (Wildman–Crippen MR) is 56.5 cm³/mol. The fourth-order valence-corrected chi connectivity index (χ4v) is 0.903. The van der Waals surface area contributed by atoms with E-state index in [9.17, 15) is 0 Å². The van der Waals surface area contributed by atoms with E-state index in [0.717, 1.165) is 18.2 Å². The third-order valence-electron chi connectivity index (χ3n) is 1.86. The first-order valence-electron chi connectivity index (χ1n) is 4.52. The highest BCUT2D eigenvalue weighted by atomic mass is 16.5. The van der Waals surface area contributed by atoms with Crippen LogP contribution in [0.25, 0.3) is 0 Å². The molecule has 5 heteroatoms. The summed E-state index contributed by atoms with van der Waals surface area (Å²) in [7, 11) is 3.49. The number of ether oxygens (including phenoxy) is 1. The number of methoxy groups -OCH3 is 1. The maximum absolute atomic E-state index is 5.10. The molecule has 0 aliphatic heterocycles. The van der Waals surface area contributed by atoms with Gasteiger partial charge in [-0.2, -0.15) is 0 Å². The van der Waals surface area contributed by atoms with Crippen LogP contribution in [0.15, 0.2) is 12.4 Å². The van der Waals surface area contributed by atoms with Crippen LogP contribution in [0, 0.1) is 0 Å². The number of nitrogens with one attached hydrogen (secondary N) is 2. The van der Waals surface area contributed by atoms with E-state index in [1.807, 2.05) is 14.0 Å². The molecule has 0 spiro atoms. The smallest absolute Gasteiger partial charge is 0.147 e. The Morgan fingerprint density at radius 1 is 1.43 bits per heavy atom. The Bertz CT molecular complexity index is 279. The molecular formula is C9H16N4O. The SMILES string of the molecule is CNc1cncc(NCC(C)OC)n1. The Balaban J connectivity index is 2.50. The minimum atomic E-state index is 0.162. The van der Waals surface area contributed by atoms with Gasteiger partial charge in [-0.05, 0) is 6.92 Å². The summed E-state index contributed by atoms with van der Waals surface area (Å²) in [5.74, 6) is 1.50. The zero-order valence-electron chi connectivity index (χ0n) is 8.74. The molecule has 2 N–H and O–H groups in total. The molecule has 0 saturated carbocycles. The van der Waals surface area contributed by atoms with Crippen LogP contribution >= 0.6 is 0 Å². The van der Waals surface area contributed by atoms with Crippen LogP contribution in [0.1, 0.15) is 6.92 Å². The fraction of sp³-hybridized carbons (Fsp3) is 0.556. The molecule has 1 aromatic rings. The third kappa shape index (κ3) is 3.18. The van der Waals surface area contributed by atoms with Crippen molar-refractivity contribution in [1.82, 2.24) is 9.97 Å². The Morgan fingerprint density at radius 3 is 2.79 bits per heavy atom. The van der Waals surface area contributed by atoms with Gasteiger partial charge in [-0.25, -0.2) is 4.98 Å². The van der Waals surface area contributed by atoms with Gasteiger partial charge in [0.2, 0.25) is 0 Å². The molecule has 0 radical (unpaired) electrons. The van der Waals surface area contributed by atoms with Crippen molar-refractivity contribution in [3.8, 4) is 0 Å². The van der Waals surface area contributed by atoms with Gasteiger partial charge in [0.05, 0.1) is 18.5 Å². The van der Waals surface area contributed by atoms with Crippen LogP contribution in [0.4, 0.5) is 11.6 Å². The van der Waals surface area contributed by atoms with Gasteiger partial charge in [-0.3, -0.25) is 4.98 Å². The minimum Gasteiger partial charge on any atom is -0.380 e. The first-order valence-corrected chi connectivity index (χ1v) is 4.52. The average Bonchev–Trinajstić information content (AvgIpc) is 2.26. The number of anilines is 2. The average molecular weight is 196 g/mol. The number of aromatic nitrogens is 2. The molecule has 0 aliphatic carbocycles. The molecule has 5 nitrogen and oxygen atoms in total. The molecule has 1 rings (SSSR count). The molecule has 14 heavy (non-hydrogen) atoms. The van der Waals surface area contributed by atoms with Gasteiger partial charge in [0.25, 0.3) is 0 Å². The number of rotatable bonds is 5. The summed E-state index contributed by atoms with van der Waals surface area (Å²) in [6.07, 6.45) is 3.52.